The molecule has 2 amide bonds. The lowest BCUT2D eigenvalue weighted by Crippen LogP contribution is -2.61. The molecule has 1 saturated heterocycles. The van der Waals surface area contributed by atoms with E-state index in [-0.39, 0.29) is 34.1 Å². The van der Waals surface area contributed by atoms with E-state index in [4.69, 9.17) is 0 Å². The largest absolute Gasteiger partial charge is 0.353 e. The highest BCUT2D eigenvalue weighted by Gasteiger charge is 2.61. The zero-order chi connectivity index (χ0) is 19.6. The standard InChI is InChI=1S/C23H38N2O2/c1-21(2,3)25-20(27)17-8-7-15-14-6-9-18-23(5,13-11-19(26)24-18)16(14)10-12-22(15,17)4/h14-18H,6-13H2,1-5H3,(H,24,26)(H,25,27)/t14?,15?,16?,17?,18-,22?,23?/m1/s1. The summed E-state index contributed by atoms with van der Waals surface area (Å²) in [7, 11) is 0. The van der Waals surface area contributed by atoms with Gasteiger partial charge in [-0.05, 0) is 94.3 Å². The Morgan fingerprint density at radius 3 is 2.41 bits per heavy atom. The number of carbonyl (C=O) groups excluding carboxylic acids is 2. The van der Waals surface area contributed by atoms with Crippen molar-refractivity contribution < 1.29 is 9.59 Å². The first-order chi connectivity index (χ1) is 12.5. The van der Waals surface area contributed by atoms with Gasteiger partial charge in [0.05, 0.1) is 0 Å². The fourth-order valence-electron chi connectivity index (χ4n) is 7.59. The predicted molar refractivity (Wildman–Crippen MR) is 107 cm³/mol. The Morgan fingerprint density at radius 2 is 1.70 bits per heavy atom. The first-order valence-corrected chi connectivity index (χ1v) is 11.2. The quantitative estimate of drug-likeness (QED) is 0.728. The number of amides is 2. The van der Waals surface area contributed by atoms with Crippen molar-refractivity contribution in [3.05, 3.63) is 0 Å². The van der Waals surface area contributed by atoms with Gasteiger partial charge in [0.1, 0.15) is 0 Å². The molecule has 152 valence electrons. The van der Waals surface area contributed by atoms with Crippen molar-refractivity contribution in [2.75, 3.05) is 0 Å². The van der Waals surface area contributed by atoms with Crippen LogP contribution in [-0.2, 0) is 9.59 Å². The van der Waals surface area contributed by atoms with Gasteiger partial charge < -0.3 is 10.6 Å². The van der Waals surface area contributed by atoms with E-state index in [0.717, 1.165) is 31.6 Å². The highest BCUT2D eigenvalue weighted by Crippen LogP contribution is 2.65. The fourth-order valence-corrected chi connectivity index (χ4v) is 7.59. The molecule has 3 aliphatic carbocycles. The molecule has 4 fully saturated rings. The third-order valence-electron chi connectivity index (χ3n) is 8.91. The van der Waals surface area contributed by atoms with E-state index in [1.54, 1.807) is 0 Å². The van der Waals surface area contributed by atoms with Crippen LogP contribution in [0.5, 0.6) is 0 Å². The molecule has 0 aromatic carbocycles. The summed E-state index contributed by atoms with van der Waals surface area (Å²) in [5, 5.41) is 6.57. The van der Waals surface area contributed by atoms with Gasteiger partial charge >= 0.3 is 0 Å². The molecule has 0 spiro atoms. The minimum atomic E-state index is -0.158. The van der Waals surface area contributed by atoms with E-state index in [0.29, 0.717) is 24.3 Å². The molecule has 4 aliphatic rings. The number of nitrogens with one attached hydrogen (secondary N) is 2. The Kier molecular flexibility index (Phi) is 4.44. The zero-order valence-electron chi connectivity index (χ0n) is 17.9. The van der Waals surface area contributed by atoms with Crippen molar-refractivity contribution in [2.45, 2.75) is 97.6 Å². The second-order valence-corrected chi connectivity index (χ2v) is 11.5. The van der Waals surface area contributed by atoms with Crippen LogP contribution in [0, 0.1) is 34.5 Å². The van der Waals surface area contributed by atoms with Gasteiger partial charge in [0.15, 0.2) is 0 Å². The van der Waals surface area contributed by atoms with Crippen LogP contribution in [-0.4, -0.2) is 23.4 Å². The lowest BCUT2D eigenvalue weighted by Gasteiger charge is -2.60. The van der Waals surface area contributed by atoms with Crippen LogP contribution in [0.15, 0.2) is 0 Å². The number of hydrogen-bond donors (Lipinski definition) is 2. The van der Waals surface area contributed by atoms with E-state index in [9.17, 15) is 9.59 Å². The average Bonchev–Trinajstić information content (AvgIpc) is 2.91. The zero-order valence-corrected chi connectivity index (χ0v) is 17.9. The fraction of sp³-hybridized carbons (Fsp3) is 0.913. The highest BCUT2D eigenvalue weighted by molar-refractivity contribution is 5.80. The number of hydrogen-bond acceptors (Lipinski definition) is 2. The van der Waals surface area contributed by atoms with Crippen molar-refractivity contribution in [2.24, 2.45) is 34.5 Å². The number of carbonyl (C=O) groups is 2. The summed E-state index contributed by atoms with van der Waals surface area (Å²) in [4.78, 5) is 25.0. The Bertz CT molecular complexity index is 639. The molecular formula is C23H38N2O2. The first kappa shape index (κ1) is 19.3. The van der Waals surface area contributed by atoms with Gasteiger partial charge in [0.2, 0.25) is 11.8 Å². The van der Waals surface area contributed by atoms with E-state index in [2.05, 4.69) is 45.3 Å². The van der Waals surface area contributed by atoms with Gasteiger partial charge in [0, 0.05) is 23.9 Å². The summed E-state index contributed by atoms with van der Waals surface area (Å²) >= 11 is 0. The summed E-state index contributed by atoms with van der Waals surface area (Å²) in [6.45, 7) is 11.1. The predicted octanol–water partition coefficient (Wildman–Crippen LogP) is 4.04. The van der Waals surface area contributed by atoms with E-state index in [1.807, 2.05) is 0 Å². The molecule has 7 atom stereocenters. The van der Waals surface area contributed by atoms with E-state index in [1.165, 1.54) is 19.3 Å². The summed E-state index contributed by atoms with van der Waals surface area (Å²) in [5.74, 6) is 2.79. The topological polar surface area (TPSA) is 58.2 Å². The molecule has 6 unspecified atom stereocenters. The molecular weight excluding hydrogens is 336 g/mol. The molecule has 4 heteroatoms. The molecule has 3 saturated carbocycles. The van der Waals surface area contributed by atoms with Crippen LogP contribution in [0.2, 0.25) is 0 Å². The molecule has 2 N–H and O–H groups in total. The van der Waals surface area contributed by atoms with Crippen molar-refractivity contribution in [3.8, 4) is 0 Å². The Labute approximate surface area is 164 Å². The van der Waals surface area contributed by atoms with Gasteiger partial charge in [-0.3, -0.25) is 9.59 Å². The number of piperidine rings is 1. The number of rotatable bonds is 1. The summed E-state index contributed by atoms with van der Waals surface area (Å²) in [6, 6.07) is 0.366. The van der Waals surface area contributed by atoms with Crippen molar-refractivity contribution in [1.29, 1.82) is 0 Å². The molecule has 0 aromatic rings. The monoisotopic (exact) mass is 374 g/mol. The van der Waals surface area contributed by atoms with Crippen LogP contribution in [0.25, 0.3) is 0 Å². The molecule has 4 rings (SSSR count). The lowest BCUT2D eigenvalue weighted by molar-refractivity contribution is -0.142. The maximum Gasteiger partial charge on any atom is 0.224 e. The second kappa shape index (κ2) is 6.22. The molecule has 4 nitrogen and oxygen atoms in total. The van der Waals surface area contributed by atoms with Crippen LogP contribution in [0.3, 0.4) is 0 Å². The average molecular weight is 375 g/mol. The third kappa shape index (κ3) is 3.02. The van der Waals surface area contributed by atoms with Crippen LogP contribution in [0.1, 0.15) is 86.0 Å². The molecule has 0 radical (unpaired) electrons. The summed E-state index contributed by atoms with van der Waals surface area (Å²) < 4.78 is 0. The van der Waals surface area contributed by atoms with Gasteiger partial charge in [-0.15, -0.1) is 0 Å². The lowest BCUT2D eigenvalue weighted by atomic mass is 9.47. The molecule has 0 aromatic heterocycles. The Morgan fingerprint density at radius 1 is 1.00 bits per heavy atom. The van der Waals surface area contributed by atoms with Gasteiger partial charge in [0.25, 0.3) is 0 Å². The third-order valence-corrected chi connectivity index (χ3v) is 8.91. The van der Waals surface area contributed by atoms with Crippen LogP contribution < -0.4 is 10.6 Å². The molecule has 1 heterocycles. The molecule has 0 bridgehead atoms. The molecule has 1 aliphatic heterocycles. The van der Waals surface area contributed by atoms with Crippen molar-refractivity contribution in [3.63, 3.8) is 0 Å². The normalized spacial score (nSPS) is 46.7. The second-order valence-electron chi connectivity index (χ2n) is 11.5. The maximum absolute atomic E-state index is 13.0. The first-order valence-electron chi connectivity index (χ1n) is 11.2. The van der Waals surface area contributed by atoms with Crippen molar-refractivity contribution >= 4 is 11.8 Å². The van der Waals surface area contributed by atoms with Gasteiger partial charge in [-0.2, -0.15) is 0 Å². The molecule has 27 heavy (non-hydrogen) atoms. The minimum absolute atomic E-state index is 0.150. The maximum atomic E-state index is 13.0. The summed E-state index contributed by atoms with van der Waals surface area (Å²) in [6.07, 6.45) is 8.71. The highest BCUT2D eigenvalue weighted by atomic mass is 16.2. The SMILES string of the molecule is CC(C)(C)NC(=O)C1CCC2C3CC[C@H]4NC(=O)CCC4(C)C3CCC12C. The van der Waals surface area contributed by atoms with Crippen molar-refractivity contribution in [1.82, 2.24) is 10.6 Å². The van der Waals surface area contributed by atoms with E-state index >= 15 is 0 Å². The van der Waals surface area contributed by atoms with Crippen LogP contribution in [0.4, 0.5) is 0 Å². The minimum Gasteiger partial charge on any atom is -0.353 e. The van der Waals surface area contributed by atoms with Gasteiger partial charge in [-0.1, -0.05) is 13.8 Å². The van der Waals surface area contributed by atoms with Gasteiger partial charge in [-0.25, -0.2) is 0 Å². The smallest absolute Gasteiger partial charge is 0.224 e. The number of fused-ring (bicyclic) bond motifs is 5. The Hall–Kier alpha value is -1.06. The Balaban J connectivity index is 1.55. The van der Waals surface area contributed by atoms with E-state index < -0.39 is 0 Å². The summed E-state index contributed by atoms with van der Waals surface area (Å²) in [5.41, 5.74) is 0.246. The van der Waals surface area contributed by atoms with Crippen LogP contribution >= 0.6 is 0 Å².